The first-order valence-corrected chi connectivity index (χ1v) is 8.41. The summed E-state index contributed by atoms with van der Waals surface area (Å²) >= 11 is 0. The molecule has 0 radical (unpaired) electrons. The van der Waals surface area contributed by atoms with Gasteiger partial charge in [-0.15, -0.1) is 0 Å². The van der Waals surface area contributed by atoms with E-state index in [1.165, 1.54) is 44.5 Å². The van der Waals surface area contributed by atoms with Crippen LogP contribution in [0, 0.1) is 5.92 Å². The lowest BCUT2D eigenvalue weighted by atomic mass is 9.83. The molecule has 4 unspecified atom stereocenters. The van der Waals surface area contributed by atoms with E-state index >= 15 is 0 Å². The van der Waals surface area contributed by atoms with Crippen LogP contribution < -0.4 is 5.73 Å². The molecule has 0 amide bonds. The quantitative estimate of drug-likeness (QED) is 0.927. The van der Waals surface area contributed by atoms with E-state index in [4.69, 9.17) is 5.73 Å². The van der Waals surface area contributed by atoms with E-state index in [1.54, 1.807) is 0 Å². The Morgan fingerprint density at radius 3 is 2.67 bits per heavy atom. The standard InChI is InChI=1S/C18H29N3/c1-14(18(19)15-7-4-3-5-8-15)21-12-10-17-16(13-21)9-6-11-20(17)2/h3-5,7-8,14,16-18H,6,9-13,19H2,1-2H3. The van der Waals surface area contributed by atoms with Crippen molar-refractivity contribution in [3.63, 3.8) is 0 Å². The average Bonchev–Trinajstić information content (AvgIpc) is 2.54. The zero-order valence-corrected chi connectivity index (χ0v) is 13.4. The van der Waals surface area contributed by atoms with Crippen molar-refractivity contribution in [2.24, 2.45) is 11.7 Å². The predicted molar refractivity (Wildman–Crippen MR) is 88.2 cm³/mol. The highest BCUT2D eigenvalue weighted by Crippen LogP contribution is 2.32. The maximum absolute atomic E-state index is 6.51. The van der Waals surface area contributed by atoms with Crippen LogP contribution in [-0.2, 0) is 0 Å². The molecule has 2 aliphatic rings. The fourth-order valence-electron chi connectivity index (χ4n) is 4.23. The van der Waals surface area contributed by atoms with Crippen LogP contribution in [0.25, 0.3) is 0 Å². The van der Waals surface area contributed by atoms with Gasteiger partial charge < -0.3 is 10.6 Å². The first-order valence-electron chi connectivity index (χ1n) is 8.41. The molecule has 21 heavy (non-hydrogen) atoms. The lowest BCUT2D eigenvalue weighted by Crippen LogP contribution is -2.55. The normalized spacial score (nSPS) is 30.6. The van der Waals surface area contributed by atoms with Gasteiger partial charge in [0.05, 0.1) is 0 Å². The van der Waals surface area contributed by atoms with E-state index in [2.05, 4.69) is 54.1 Å². The summed E-state index contributed by atoms with van der Waals surface area (Å²) < 4.78 is 0. The van der Waals surface area contributed by atoms with Crippen molar-refractivity contribution >= 4 is 0 Å². The third-order valence-corrected chi connectivity index (χ3v) is 5.66. The largest absolute Gasteiger partial charge is 0.323 e. The Labute approximate surface area is 129 Å². The summed E-state index contributed by atoms with van der Waals surface area (Å²) in [6.45, 7) is 5.98. The third kappa shape index (κ3) is 3.15. The van der Waals surface area contributed by atoms with Crippen molar-refractivity contribution in [1.82, 2.24) is 9.80 Å². The number of likely N-dealkylation sites (tertiary alicyclic amines) is 2. The number of rotatable bonds is 3. The number of benzene rings is 1. The van der Waals surface area contributed by atoms with Crippen LogP contribution in [0.2, 0.25) is 0 Å². The summed E-state index contributed by atoms with van der Waals surface area (Å²) in [7, 11) is 2.30. The fraction of sp³-hybridized carbons (Fsp3) is 0.667. The van der Waals surface area contributed by atoms with Gasteiger partial charge in [-0.05, 0) is 51.3 Å². The summed E-state index contributed by atoms with van der Waals surface area (Å²) in [6, 6.07) is 11.9. The second-order valence-corrected chi connectivity index (χ2v) is 6.91. The van der Waals surface area contributed by atoms with Crippen LogP contribution in [0.4, 0.5) is 0 Å². The Balaban J connectivity index is 1.65. The second kappa shape index (κ2) is 6.47. The SMILES string of the molecule is CC(C(N)c1ccccc1)N1CCC2C(CCCN2C)C1. The molecule has 2 N–H and O–H groups in total. The molecule has 1 aromatic rings. The molecule has 0 spiro atoms. The van der Waals surface area contributed by atoms with E-state index in [-0.39, 0.29) is 6.04 Å². The Kier molecular flexibility index (Phi) is 4.63. The van der Waals surface area contributed by atoms with Gasteiger partial charge in [0.25, 0.3) is 0 Å². The van der Waals surface area contributed by atoms with Crippen molar-refractivity contribution in [3.05, 3.63) is 35.9 Å². The Morgan fingerprint density at radius 2 is 1.90 bits per heavy atom. The van der Waals surface area contributed by atoms with E-state index in [1.807, 2.05) is 0 Å². The minimum Gasteiger partial charge on any atom is -0.323 e. The molecule has 2 heterocycles. The van der Waals surface area contributed by atoms with Crippen LogP contribution in [0.1, 0.15) is 37.8 Å². The minimum absolute atomic E-state index is 0.115. The summed E-state index contributed by atoms with van der Waals surface area (Å²) in [4.78, 5) is 5.20. The van der Waals surface area contributed by atoms with Gasteiger partial charge in [0.1, 0.15) is 0 Å². The summed E-state index contributed by atoms with van der Waals surface area (Å²) in [5.41, 5.74) is 7.77. The fourth-order valence-corrected chi connectivity index (χ4v) is 4.23. The zero-order valence-electron chi connectivity index (χ0n) is 13.4. The molecule has 3 nitrogen and oxygen atoms in total. The Morgan fingerprint density at radius 1 is 1.14 bits per heavy atom. The zero-order chi connectivity index (χ0) is 14.8. The van der Waals surface area contributed by atoms with Gasteiger partial charge in [0.2, 0.25) is 0 Å². The molecule has 0 saturated carbocycles. The van der Waals surface area contributed by atoms with Gasteiger partial charge in [-0.2, -0.15) is 0 Å². The summed E-state index contributed by atoms with van der Waals surface area (Å²) in [5, 5.41) is 0. The number of hydrogen-bond acceptors (Lipinski definition) is 3. The van der Waals surface area contributed by atoms with Crippen molar-refractivity contribution in [2.45, 2.75) is 44.3 Å². The van der Waals surface area contributed by atoms with Crippen LogP contribution in [0.5, 0.6) is 0 Å². The molecule has 1 aromatic carbocycles. The number of fused-ring (bicyclic) bond motifs is 1. The molecule has 4 atom stereocenters. The van der Waals surface area contributed by atoms with Crippen molar-refractivity contribution < 1.29 is 0 Å². The lowest BCUT2D eigenvalue weighted by Gasteiger charge is -2.48. The van der Waals surface area contributed by atoms with Gasteiger partial charge in [-0.1, -0.05) is 30.3 Å². The molecule has 0 aliphatic carbocycles. The Hall–Kier alpha value is -0.900. The molecule has 2 aliphatic heterocycles. The maximum atomic E-state index is 6.51. The molecule has 3 rings (SSSR count). The first kappa shape index (κ1) is 15.0. The lowest BCUT2D eigenvalue weighted by molar-refractivity contribution is 0.0185. The first-order chi connectivity index (χ1) is 10.2. The Bertz CT molecular complexity index is 447. The van der Waals surface area contributed by atoms with Crippen LogP contribution in [-0.4, -0.2) is 48.6 Å². The smallest absolute Gasteiger partial charge is 0.0450 e. The molecule has 116 valence electrons. The van der Waals surface area contributed by atoms with Gasteiger partial charge in [0.15, 0.2) is 0 Å². The van der Waals surface area contributed by atoms with Crippen molar-refractivity contribution in [1.29, 1.82) is 0 Å². The monoisotopic (exact) mass is 287 g/mol. The molecular formula is C18H29N3. The van der Waals surface area contributed by atoms with Gasteiger partial charge in [-0.25, -0.2) is 0 Å². The van der Waals surface area contributed by atoms with Gasteiger partial charge in [0, 0.05) is 31.2 Å². The summed E-state index contributed by atoms with van der Waals surface area (Å²) in [5.74, 6) is 0.836. The molecule has 0 aromatic heterocycles. The highest BCUT2D eigenvalue weighted by molar-refractivity contribution is 5.20. The molecule has 2 saturated heterocycles. The summed E-state index contributed by atoms with van der Waals surface area (Å²) in [6.07, 6.45) is 4.04. The predicted octanol–water partition coefficient (Wildman–Crippen LogP) is 2.49. The van der Waals surface area contributed by atoms with E-state index in [9.17, 15) is 0 Å². The maximum Gasteiger partial charge on any atom is 0.0450 e. The molecule has 0 bridgehead atoms. The highest BCUT2D eigenvalue weighted by atomic mass is 15.2. The molecular weight excluding hydrogens is 258 g/mol. The van der Waals surface area contributed by atoms with Crippen LogP contribution in [0.3, 0.4) is 0 Å². The molecule has 3 heteroatoms. The second-order valence-electron chi connectivity index (χ2n) is 6.91. The van der Waals surface area contributed by atoms with Crippen LogP contribution >= 0.6 is 0 Å². The topological polar surface area (TPSA) is 32.5 Å². The van der Waals surface area contributed by atoms with E-state index in [0.717, 1.165) is 12.0 Å². The van der Waals surface area contributed by atoms with Gasteiger partial charge >= 0.3 is 0 Å². The average molecular weight is 287 g/mol. The number of piperidine rings is 2. The number of hydrogen-bond donors (Lipinski definition) is 1. The third-order valence-electron chi connectivity index (χ3n) is 5.66. The number of nitrogens with zero attached hydrogens (tertiary/aromatic N) is 2. The van der Waals surface area contributed by atoms with E-state index in [0.29, 0.717) is 6.04 Å². The number of nitrogens with two attached hydrogens (primary N) is 1. The van der Waals surface area contributed by atoms with Crippen LogP contribution in [0.15, 0.2) is 30.3 Å². The minimum atomic E-state index is 0.115. The van der Waals surface area contributed by atoms with Crippen molar-refractivity contribution in [2.75, 3.05) is 26.7 Å². The molecule has 2 fully saturated rings. The van der Waals surface area contributed by atoms with Crippen molar-refractivity contribution in [3.8, 4) is 0 Å². The van der Waals surface area contributed by atoms with E-state index < -0.39 is 0 Å². The highest BCUT2D eigenvalue weighted by Gasteiger charge is 2.36. The van der Waals surface area contributed by atoms with Gasteiger partial charge in [-0.3, -0.25) is 4.90 Å².